The van der Waals surface area contributed by atoms with E-state index in [0.29, 0.717) is 11.3 Å². The Morgan fingerprint density at radius 3 is 2.29 bits per heavy atom. The molecule has 0 aromatic heterocycles. The topological polar surface area (TPSA) is 12.0 Å². The molecule has 2 rings (SSSR count). The number of aryl methyl sites for hydroxylation is 2. The first-order valence-corrected chi connectivity index (χ1v) is 8.56. The van der Waals surface area contributed by atoms with E-state index in [0.717, 1.165) is 5.75 Å². The Balaban J connectivity index is 2.02. The van der Waals surface area contributed by atoms with E-state index in [-0.39, 0.29) is 0 Å². The molecule has 1 N–H and O–H groups in total. The first-order chi connectivity index (χ1) is 10.1. The quantitative estimate of drug-likeness (QED) is 0.815. The van der Waals surface area contributed by atoms with Crippen LogP contribution in [-0.4, -0.2) is 12.3 Å². The third-order valence-corrected chi connectivity index (χ3v) is 5.26. The normalized spacial score (nSPS) is 13.9. The maximum Gasteiger partial charge on any atom is 0.0435 e. The van der Waals surface area contributed by atoms with E-state index in [4.69, 9.17) is 0 Å². The predicted molar refractivity (Wildman–Crippen MR) is 94.9 cm³/mol. The van der Waals surface area contributed by atoms with Crippen LogP contribution in [0.3, 0.4) is 0 Å². The summed E-state index contributed by atoms with van der Waals surface area (Å²) in [6.07, 6.45) is 0. The molecule has 0 aliphatic carbocycles. The van der Waals surface area contributed by atoms with Crippen molar-refractivity contribution in [1.82, 2.24) is 5.32 Å². The second-order valence-corrected chi connectivity index (χ2v) is 6.99. The fourth-order valence-corrected chi connectivity index (χ4v) is 3.79. The van der Waals surface area contributed by atoms with Gasteiger partial charge in [0.15, 0.2) is 0 Å². The number of rotatable bonds is 6. The van der Waals surface area contributed by atoms with Gasteiger partial charge in [-0.1, -0.05) is 61.0 Å². The van der Waals surface area contributed by atoms with Crippen LogP contribution < -0.4 is 5.32 Å². The maximum absolute atomic E-state index is 3.47. The van der Waals surface area contributed by atoms with Crippen molar-refractivity contribution < 1.29 is 0 Å². The van der Waals surface area contributed by atoms with Gasteiger partial charge in [-0.3, -0.25) is 0 Å². The zero-order chi connectivity index (χ0) is 15.2. The molecule has 0 heterocycles. The minimum Gasteiger partial charge on any atom is -0.312 e. The number of hydrogen-bond acceptors (Lipinski definition) is 2. The van der Waals surface area contributed by atoms with Gasteiger partial charge in [0.25, 0.3) is 0 Å². The molecule has 0 fully saturated rings. The molecular formula is C19H25NS. The van der Waals surface area contributed by atoms with Gasteiger partial charge in [0, 0.05) is 17.0 Å². The highest BCUT2D eigenvalue weighted by Crippen LogP contribution is 2.29. The van der Waals surface area contributed by atoms with Gasteiger partial charge in [0.2, 0.25) is 0 Å². The van der Waals surface area contributed by atoms with E-state index in [1.807, 2.05) is 11.8 Å². The summed E-state index contributed by atoms with van der Waals surface area (Å²) in [5, 5.41) is 3.99. The molecule has 0 saturated carbocycles. The molecule has 2 heteroatoms. The van der Waals surface area contributed by atoms with Gasteiger partial charge >= 0.3 is 0 Å². The summed E-state index contributed by atoms with van der Waals surface area (Å²) in [6.45, 7) is 6.63. The van der Waals surface area contributed by atoms with E-state index < -0.39 is 0 Å². The zero-order valence-electron chi connectivity index (χ0n) is 13.4. The first-order valence-electron chi connectivity index (χ1n) is 7.51. The molecule has 2 aromatic carbocycles. The number of hydrogen-bond donors (Lipinski definition) is 1. The fourth-order valence-electron chi connectivity index (χ4n) is 2.54. The largest absolute Gasteiger partial charge is 0.312 e. The van der Waals surface area contributed by atoms with Crippen LogP contribution in [0.1, 0.15) is 35.2 Å². The lowest BCUT2D eigenvalue weighted by Gasteiger charge is -2.24. The molecule has 2 atom stereocenters. The molecule has 2 aromatic rings. The minimum atomic E-state index is 0.389. The second-order valence-electron chi connectivity index (χ2n) is 5.62. The molecule has 0 spiro atoms. The van der Waals surface area contributed by atoms with Crippen molar-refractivity contribution in [2.75, 3.05) is 7.05 Å². The van der Waals surface area contributed by atoms with Gasteiger partial charge in [-0.05, 0) is 37.6 Å². The van der Waals surface area contributed by atoms with Gasteiger partial charge in [-0.25, -0.2) is 0 Å². The van der Waals surface area contributed by atoms with Crippen LogP contribution in [0, 0.1) is 13.8 Å². The Morgan fingerprint density at radius 2 is 1.67 bits per heavy atom. The van der Waals surface area contributed by atoms with Gasteiger partial charge in [0.1, 0.15) is 0 Å². The Kier molecular flexibility index (Phi) is 5.89. The molecule has 0 radical (unpaired) electrons. The van der Waals surface area contributed by atoms with Crippen molar-refractivity contribution >= 4 is 11.8 Å². The molecule has 1 nitrogen and oxygen atoms in total. The third kappa shape index (κ3) is 4.36. The van der Waals surface area contributed by atoms with Gasteiger partial charge < -0.3 is 5.32 Å². The van der Waals surface area contributed by atoms with Crippen molar-refractivity contribution in [2.45, 2.75) is 37.8 Å². The number of benzene rings is 2. The average molecular weight is 299 g/mol. The van der Waals surface area contributed by atoms with Crippen LogP contribution in [0.5, 0.6) is 0 Å². The van der Waals surface area contributed by atoms with Crippen LogP contribution in [-0.2, 0) is 5.75 Å². The predicted octanol–water partition coefficient (Wildman–Crippen LogP) is 4.89. The van der Waals surface area contributed by atoms with Gasteiger partial charge in [-0.2, -0.15) is 11.8 Å². The van der Waals surface area contributed by atoms with Crippen LogP contribution in [0.25, 0.3) is 0 Å². The van der Waals surface area contributed by atoms with E-state index in [1.54, 1.807) is 0 Å². The Morgan fingerprint density at radius 1 is 1.00 bits per heavy atom. The van der Waals surface area contributed by atoms with Crippen LogP contribution >= 0.6 is 11.8 Å². The molecule has 2 unspecified atom stereocenters. The standard InChI is InChI=1S/C19H25NS/c1-14-9-11-17(12-10-14)19(20-4)16(3)21-13-18-8-6-5-7-15(18)2/h5-12,16,19-20H,13H2,1-4H3. The highest BCUT2D eigenvalue weighted by molar-refractivity contribution is 7.99. The van der Waals surface area contributed by atoms with E-state index in [9.17, 15) is 0 Å². The monoisotopic (exact) mass is 299 g/mol. The summed E-state index contributed by atoms with van der Waals surface area (Å²) in [5.74, 6) is 1.07. The number of thioether (sulfide) groups is 1. The van der Waals surface area contributed by atoms with Crippen molar-refractivity contribution in [2.24, 2.45) is 0 Å². The lowest BCUT2D eigenvalue weighted by Crippen LogP contribution is -2.25. The molecule has 0 saturated heterocycles. The molecule has 0 aliphatic heterocycles. The molecule has 0 aliphatic rings. The van der Waals surface area contributed by atoms with Crippen LogP contribution in [0.2, 0.25) is 0 Å². The molecule has 112 valence electrons. The minimum absolute atomic E-state index is 0.389. The summed E-state index contributed by atoms with van der Waals surface area (Å²) < 4.78 is 0. The van der Waals surface area contributed by atoms with Crippen LogP contribution in [0.15, 0.2) is 48.5 Å². The third-order valence-electron chi connectivity index (χ3n) is 3.98. The fraction of sp³-hybridized carbons (Fsp3) is 0.368. The Hall–Kier alpha value is -1.25. The van der Waals surface area contributed by atoms with Crippen molar-refractivity contribution in [1.29, 1.82) is 0 Å². The average Bonchev–Trinajstić information content (AvgIpc) is 2.49. The highest BCUT2D eigenvalue weighted by atomic mass is 32.2. The maximum atomic E-state index is 3.47. The summed E-state index contributed by atoms with van der Waals surface area (Å²) in [6, 6.07) is 17.9. The van der Waals surface area contributed by atoms with Crippen LogP contribution in [0.4, 0.5) is 0 Å². The van der Waals surface area contributed by atoms with Crippen molar-refractivity contribution in [3.63, 3.8) is 0 Å². The van der Waals surface area contributed by atoms with Crippen molar-refractivity contribution in [3.05, 3.63) is 70.8 Å². The van der Waals surface area contributed by atoms with E-state index >= 15 is 0 Å². The smallest absolute Gasteiger partial charge is 0.0435 e. The molecular weight excluding hydrogens is 274 g/mol. The van der Waals surface area contributed by atoms with Crippen molar-refractivity contribution in [3.8, 4) is 0 Å². The summed E-state index contributed by atoms with van der Waals surface area (Å²) in [7, 11) is 2.05. The summed E-state index contributed by atoms with van der Waals surface area (Å²) in [5.41, 5.74) is 5.50. The highest BCUT2D eigenvalue weighted by Gasteiger charge is 2.18. The zero-order valence-corrected chi connectivity index (χ0v) is 14.2. The number of nitrogens with one attached hydrogen (secondary N) is 1. The van der Waals surface area contributed by atoms with Gasteiger partial charge in [0.05, 0.1) is 0 Å². The Bertz CT molecular complexity index is 562. The van der Waals surface area contributed by atoms with Gasteiger partial charge in [-0.15, -0.1) is 0 Å². The summed E-state index contributed by atoms with van der Waals surface area (Å²) in [4.78, 5) is 0. The SMILES string of the molecule is CNC(c1ccc(C)cc1)C(C)SCc1ccccc1C. The second kappa shape index (κ2) is 7.67. The van der Waals surface area contributed by atoms with E-state index in [1.165, 1.54) is 22.3 Å². The lowest BCUT2D eigenvalue weighted by atomic mass is 10.0. The molecule has 21 heavy (non-hydrogen) atoms. The van der Waals surface area contributed by atoms with E-state index in [2.05, 4.69) is 81.7 Å². The molecule has 0 bridgehead atoms. The lowest BCUT2D eigenvalue weighted by molar-refractivity contribution is 0.589. The summed E-state index contributed by atoms with van der Waals surface area (Å²) >= 11 is 2.01. The molecule has 0 amide bonds. The first kappa shape index (κ1) is 16.1. The Labute approximate surface area is 133 Å².